The third-order valence-corrected chi connectivity index (χ3v) is 1.88. The Hall–Kier alpha value is -2.29. The molecule has 1 aromatic heterocycles. The lowest BCUT2D eigenvalue weighted by atomic mass is 10.2. The molecule has 0 fully saturated rings. The van der Waals surface area contributed by atoms with Crippen LogP contribution in [-0.4, -0.2) is 45.0 Å². The highest BCUT2D eigenvalue weighted by atomic mass is 16.2. The number of H-pyrrole nitrogens is 1. The van der Waals surface area contributed by atoms with Gasteiger partial charge in [0.15, 0.2) is 0 Å². The highest BCUT2D eigenvalue weighted by Crippen LogP contribution is 1.94. The molecule has 9 nitrogen and oxygen atoms in total. The molecule has 1 amide bonds. The minimum absolute atomic E-state index is 0.0900. The van der Waals surface area contributed by atoms with Crippen LogP contribution in [0.5, 0.6) is 0 Å². The lowest BCUT2D eigenvalue weighted by Crippen LogP contribution is -2.34. The molecule has 0 aromatic carbocycles. The first-order valence-corrected chi connectivity index (χ1v) is 5.32. The van der Waals surface area contributed by atoms with Crippen molar-refractivity contribution < 1.29 is 4.79 Å². The summed E-state index contributed by atoms with van der Waals surface area (Å²) in [4.78, 5) is 15.5. The second kappa shape index (κ2) is 7.12. The molecular weight excluding hydrogens is 236 g/mol. The van der Waals surface area contributed by atoms with E-state index in [1.807, 2.05) is 0 Å². The molecule has 1 atom stereocenters. The van der Waals surface area contributed by atoms with Gasteiger partial charge in [0, 0.05) is 6.54 Å². The minimum atomic E-state index is -0.772. The number of amides is 1. The van der Waals surface area contributed by atoms with E-state index in [0.717, 1.165) is 0 Å². The van der Waals surface area contributed by atoms with Crippen molar-refractivity contribution in [3.05, 3.63) is 12.2 Å². The molecule has 0 saturated heterocycles. The monoisotopic (exact) mass is 252 g/mol. The summed E-state index contributed by atoms with van der Waals surface area (Å²) in [5.41, 5.74) is 11.0. The first kappa shape index (κ1) is 13.8. The van der Waals surface area contributed by atoms with Gasteiger partial charge < -0.3 is 11.5 Å². The van der Waals surface area contributed by atoms with Gasteiger partial charge in [-0.25, -0.2) is 0 Å². The van der Waals surface area contributed by atoms with Crippen molar-refractivity contribution in [1.82, 2.24) is 20.6 Å². The summed E-state index contributed by atoms with van der Waals surface area (Å²) in [7, 11) is 0. The number of anilines is 1. The van der Waals surface area contributed by atoms with E-state index in [0.29, 0.717) is 18.8 Å². The zero-order valence-electron chi connectivity index (χ0n) is 10.00. The van der Waals surface area contributed by atoms with Crippen molar-refractivity contribution in [3.8, 4) is 0 Å². The van der Waals surface area contributed by atoms with Crippen molar-refractivity contribution in [1.29, 1.82) is 0 Å². The van der Waals surface area contributed by atoms with Crippen LogP contribution in [-0.2, 0) is 4.79 Å². The largest absolute Gasteiger partial charge is 0.388 e. The quantitative estimate of drug-likeness (QED) is 0.216. The van der Waals surface area contributed by atoms with Crippen molar-refractivity contribution in [2.75, 3.05) is 11.9 Å². The lowest BCUT2D eigenvalue weighted by Gasteiger charge is -2.04. The predicted molar refractivity (Wildman–Crippen MR) is 66.7 cm³/mol. The standard InChI is InChI=1S/C9H16N8O/c1-6(10)12-5-3-2-4-7(11)8(18)13-9-14-16-17-15-9/h2,4,7H,3,5,11H2,1H3,(H2,10,12)(H2,13,14,15,16,17,18)/b4-2+/t7-/m0/s1. The zero-order valence-corrected chi connectivity index (χ0v) is 10.00. The molecule has 0 bridgehead atoms. The van der Waals surface area contributed by atoms with Crippen LogP contribution >= 0.6 is 0 Å². The number of nitrogens with two attached hydrogens (primary N) is 2. The van der Waals surface area contributed by atoms with Gasteiger partial charge in [-0.1, -0.05) is 17.3 Å². The summed E-state index contributed by atoms with van der Waals surface area (Å²) in [6.07, 6.45) is 4.02. The highest BCUT2D eigenvalue weighted by Gasteiger charge is 2.11. The molecule has 0 aliphatic rings. The van der Waals surface area contributed by atoms with Gasteiger partial charge in [-0.15, -0.1) is 5.10 Å². The number of hydrogen-bond acceptors (Lipinski definition) is 6. The van der Waals surface area contributed by atoms with Gasteiger partial charge in [-0.3, -0.25) is 15.1 Å². The molecule has 0 radical (unpaired) electrons. The van der Waals surface area contributed by atoms with Gasteiger partial charge in [-0.2, -0.15) is 5.21 Å². The Balaban J connectivity index is 2.31. The maximum atomic E-state index is 11.5. The first-order valence-electron chi connectivity index (χ1n) is 5.32. The molecule has 0 saturated carbocycles. The highest BCUT2D eigenvalue weighted by molar-refractivity contribution is 5.94. The van der Waals surface area contributed by atoms with Crippen LogP contribution in [0.2, 0.25) is 0 Å². The fraction of sp³-hybridized carbons (Fsp3) is 0.444. The Morgan fingerprint density at radius 3 is 3.06 bits per heavy atom. The third-order valence-electron chi connectivity index (χ3n) is 1.88. The maximum absolute atomic E-state index is 11.5. The van der Waals surface area contributed by atoms with Crippen molar-refractivity contribution >= 4 is 17.7 Å². The van der Waals surface area contributed by atoms with Crippen molar-refractivity contribution in [2.45, 2.75) is 19.4 Å². The Bertz CT molecular complexity index is 420. The van der Waals surface area contributed by atoms with Crippen molar-refractivity contribution in [2.24, 2.45) is 16.5 Å². The predicted octanol–water partition coefficient (Wildman–Crippen LogP) is -1.21. The molecule has 0 aliphatic heterocycles. The van der Waals surface area contributed by atoms with E-state index >= 15 is 0 Å². The Morgan fingerprint density at radius 2 is 2.44 bits per heavy atom. The Morgan fingerprint density at radius 1 is 1.67 bits per heavy atom. The molecule has 6 N–H and O–H groups in total. The topological polar surface area (TPSA) is 148 Å². The molecule has 1 aromatic rings. The lowest BCUT2D eigenvalue weighted by molar-refractivity contribution is -0.116. The number of aliphatic imine (C=N–C) groups is 1. The van der Waals surface area contributed by atoms with Gasteiger partial charge in [0.05, 0.1) is 5.84 Å². The SMILES string of the molecule is CC(N)=NCC/C=C/[C@H](N)C(=O)Nc1nn[nH]n1. The van der Waals surface area contributed by atoms with Gasteiger partial charge >= 0.3 is 0 Å². The number of carbonyl (C=O) groups is 1. The molecule has 0 aliphatic carbocycles. The van der Waals surface area contributed by atoms with Gasteiger partial charge in [0.2, 0.25) is 5.91 Å². The van der Waals surface area contributed by atoms with E-state index in [2.05, 4.69) is 30.9 Å². The average molecular weight is 252 g/mol. The van der Waals surface area contributed by atoms with E-state index in [9.17, 15) is 4.79 Å². The third kappa shape index (κ3) is 5.16. The van der Waals surface area contributed by atoms with E-state index in [4.69, 9.17) is 11.5 Å². The Kier molecular flexibility index (Phi) is 5.45. The summed E-state index contributed by atoms with van der Waals surface area (Å²) in [5.74, 6) is 0.209. The molecule has 1 rings (SSSR count). The summed E-state index contributed by atoms with van der Waals surface area (Å²) in [6.45, 7) is 2.28. The van der Waals surface area contributed by atoms with Gasteiger partial charge in [0.25, 0.3) is 5.95 Å². The normalized spacial score (nSPS) is 13.8. The number of tetrazole rings is 1. The second-order valence-electron chi connectivity index (χ2n) is 3.49. The second-order valence-corrected chi connectivity index (χ2v) is 3.49. The zero-order chi connectivity index (χ0) is 13.4. The van der Waals surface area contributed by atoms with Gasteiger partial charge in [-0.05, 0) is 18.6 Å². The minimum Gasteiger partial charge on any atom is -0.388 e. The van der Waals surface area contributed by atoms with E-state index in [1.165, 1.54) is 0 Å². The number of nitrogens with zero attached hydrogens (tertiary/aromatic N) is 4. The first-order chi connectivity index (χ1) is 8.59. The molecular formula is C9H16N8O. The number of amidine groups is 1. The molecule has 0 spiro atoms. The van der Waals surface area contributed by atoms with E-state index in [1.54, 1.807) is 19.1 Å². The number of carbonyl (C=O) groups excluding carboxylic acids is 1. The van der Waals surface area contributed by atoms with Crippen LogP contribution in [0.15, 0.2) is 17.1 Å². The number of aromatic nitrogens is 4. The van der Waals surface area contributed by atoms with Crippen molar-refractivity contribution in [3.63, 3.8) is 0 Å². The van der Waals surface area contributed by atoms with E-state index in [-0.39, 0.29) is 5.95 Å². The van der Waals surface area contributed by atoms with Crippen LogP contribution in [0.4, 0.5) is 5.95 Å². The number of hydrogen-bond donors (Lipinski definition) is 4. The maximum Gasteiger partial charge on any atom is 0.269 e. The molecule has 9 heteroatoms. The fourth-order valence-electron chi connectivity index (χ4n) is 1.05. The smallest absolute Gasteiger partial charge is 0.269 e. The number of nitrogens with one attached hydrogen (secondary N) is 2. The average Bonchev–Trinajstić information content (AvgIpc) is 2.80. The molecule has 18 heavy (non-hydrogen) atoms. The summed E-state index contributed by atoms with van der Waals surface area (Å²) >= 11 is 0. The summed E-state index contributed by atoms with van der Waals surface area (Å²) < 4.78 is 0. The number of rotatable bonds is 6. The van der Waals surface area contributed by atoms with Crippen LogP contribution in [0.3, 0.4) is 0 Å². The summed E-state index contributed by atoms with van der Waals surface area (Å²) in [5, 5.41) is 15.1. The van der Waals surface area contributed by atoms with Crippen LogP contribution in [0, 0.1) is 0 Å². The van der Waals surface area contributed by atoms with E-state index < -0.39 is 11.9 Å². The number of aromatic amines is 1. The molecule has 0 unspecified atom stereocenters. The van der Waals surface area contributed by atoms with Crippen LogP contribution < -0.4 is 16.8 Å². The Labute approximate surface area is 104 Å². The van der Waals surface area contributed by atoms with Crippen LogP contribution in [0.25, 0.3) is 0 Å². The fourth-order valence-corrected chi connectivity index (χ4v) is 1.05. The van der Waals surface area contributed by atoms with Gasteiger partial charge in [0.1, 0.15) is 6.04 Å². The van der Waals surface area contributed by atoms with Crippen LogP contribution in [0.1, 0.15) is 13.3 Å². The molecule has 98 valence electrons. The molecule has 1 heterocycles. The summed E-state index contributed by atoms with van der Waals surface area (Å²) in [6, 6.07) is -0.772.